The molecule has 3 aromatic rings. The lowest BCUT2D eigenvalue weighted by Crippen LogP contribution is -2.52. The number of hydrogen-bond acceptors (Lipinski definition) is 4. The average Bonchev–Trinajstić information content (AvgIpc) is 2.93. The zero-order valence-corrected chi connectivity index (χ0v) is 16.0. The summed E-state index contributed by atoms with van der Waals surface area (Å²) in [6.45, 7) is 9.71. The fraction of sp³-hybridized carbons (Fsp3) is 0.400. The van der Waals surface area contributed by atoms with E-state index in [1.807, 2.05) is 49.7 Å². The standard InChI is InChI=1S/C20H25N5O/c1-6-8-16-10-11-17-19(22-16)24(25(14(2)26)20(3,4)5)18(23-17)15-9-7-12-21-13-15/h7,9-13H,6,8H2,1-5H3. The van der Waals surface area contributed by atoms with Gasteiger partial charge >= 0.3 is 0 Å². The number of pyridine rings is 2. The quantitative estimate of drug-likeness (QED) is 0.718. The molecule has 6 nitrogen and oxygen atoms in total. The van der Waals surface area contributed by atoms with E-state index in [-0.39, 0.29) is 5.91 Å². The number of hydrogen-bond donors (Lipinski definition) is 0. The van der Waals surface area contributed by atoms with Crippen molar-refractivity contribution in [2.75, 3.05) is 5.01 Å². The van der Waals surface area contributed by atoms with Crippen LogP contribution in [0, 0.1) is 0 Å². The second-order valence-corrected chi connectivity index (χ2v) is 7.39. The molecule has 0 aliphatic rings. The summed E-state index contributed by atoms with van der Waals surface area (Å²) in [6, 6.07) is 7.79. The molecule has 0 N–H and O–H groups in total. The maximum atomic E-state index is 12.6. The largest absolute Gasteiger partial charge is 0.273 e. The molecule has 0 saturated heterocycles. The predicted molar refractivity (Wildman–Crippen MR) is 103 cm³/mol. The lowest BCUT2D eigenvalue weighted by Gasteiger charge is -2.36. The highest BCUT2D eigenvalue weighted by molar-refractivity contribution is 5.89. The van der Waals surface area contributed by atoms with E-state index < -0.39 is 5.54 Å². The Hall–Kier alpha value is -2.76. The summed E-state index contributed by atoms with van der Waals surface area (Å²) < 4.78 is 1.84. The van der Waals surface area contributed by atoms with Crippen molar-refractivity contribution < 1.29 is 4.79 Å². The van der Waals surface area contributed by atoms with Gasteiger partial charge in [0.1, 0.15) is 5.52 Å². The molecule has 0 spiro atoms. The van der Waals surface area contributed by atoms with Gasteiger partial charge in [0.2, 0.25) is 5.91 Å². The minimum Gasteiger partial charge on any atom is -0.273 e. The summed E-state index contributed by atoms with van der Waals surface area (Å²) in [6.07, 6.45) is 5.38. The first-order chi connectivity index (χ1) is 12.3. The van der Waals surface area contributed by atoms with Crippen LogP contribution in [0.15, 0.2) is 36.7 Å². The van der Waals surface area contributed by atoms with Gasteiger partial charge in [-0.2, -0.15) is 0 Å². The predicted octanol–water partition coefficient (Wildman–Crippen LogP) is 3.73. The van der Waals surface area contributed by atoms with Gasteiger partial charge in [-0.25, -0.2) is 19.7 Å². The van der Waals surface area contributed by atoms with Crippen molar-refractivity contribution in [2.45, 2.75) is 53.0 Å². The Bertz CT molecular complexity index is 925. The van der Waals surface area contributed by atoms with E-state index in [0.29, 0.717) is 11.5 Å². The van der Waals surface area contributed by atoms with Crippen molar-refractivity contribution in [1.29, 1.82) is 0 Å². The number of rotatable bonds is 4. The number of aryl methyl sites for hydroxylation is 1. The molecule has 0 unspecified atom stereocenters. The minimum atomic E-state index is -0.432. The molecule has 0 atom stereocenters. The normalized spacial score (nSPS) is 11.7. The van der Waals surface area contributed by atoms with Gasteiger partial charge in [-0.15, -0.1) is 0 Å². The minimum absolute atomic E-state index is 0.0652. The fourth-order valence-electron chi connectivity index (χ4n) is 3.16. The van der Waals surface area contributed by atoms with Gasteiger partial charge < -0.3 is 0 Å². The van der Waals surface area contributed by atoms with Crippen LogP contribution in [0.1, 0.15) is 46.7 Å². The van der Waals surface area contributed by atoms with Crippen LogP contribution in [0.5, 0.6) is 0 Å². The van der Waals surface area contributed by atoms with Crippen molar-refractivity contribution >= 4 is 17.1 Å². The molecule has 3 rings (SSSR count). The molecule has 0 saturated carbocycles. The molecule has 0 fully saturated rings. The third-order valence-electron chi connectivity index (χ3n) is 4.10. The van der Waals surface area contributed by atoms with E-state index in [2.05, 4.69) is 11.9 Å². The smallest absolute Gasteiger partial charge is 0.238 e. The molecular weight excluding hydrogens is 326 g/mol. The van der Waals surface area contributed by atoms with Gasteiger partial charge in [-0.05, 0) is 51.5 Å². The zero-order valence-electron chi connectivity index (χ0n) is 16.0. The van der Waals surface area contributed by atoms with Crippen LogP contribution in [0.25, 0.3) is 22.6 Å². The van der Waals surface area contributed by atoms with Crippen LogP contribution >= 0.6 is 0 Å². The van der Waals surface area contributed by atoms with Gasteiger partial charge in [-0.1, -0.05) is 13.3 Å². The molecule has 3 heterocycles. The number of carbonyl (C=O) groups is 1. The van der Waals surface area contributed by atoms with Gasteiger partial charge in [-0.3, -0.25) is 9.78 Å². The van der Waals surface area contributed by atoms with E-state index in [4.69, 9.17) is 9.97 Å². The molecule has 6 heteroatoms. The van der Waals surface area contributed by atoms with Crippen LogP contribution in [0.4, 0.5) is 0 Å². The highest BCUT2D eigenvalue weighted by Crippen LogP contribution is 2.27. The molecule has 0 bridgehead atoms. The third-order valence-corrected chi connectivity index (χ3v) is 4.10. The molecule has 0 radical (unpaired) electrons. The lowest BCUT2D eigenvalue weighted by atomic mass is 10.1. The Morgan fingerprint density at radius 1 is 1.19 bits per heavy atom. The second kappa shape index (κ2) is 6.86. The number of fused-ring (bicyclic) bond motifs is 1. The number of imidazole rings is 1. The molecule has 0 aliphatic carbocycles. The third kappa shape index (κ3) is 3.31. The Morgan fingerprint density at radius 2 is 1.96 bits per heavy atom. The first kappa shape index (κ1) is 18.0. The molecule has 26 heavy (non-hydrogen) atoms. The molecule has 1 amide bonds. The summed E-state index contributed by atoms with van der Waals surface area (Å²) in [5, 5.41) is 1.72. The fourth-order valence-corrected chi connectivity index (χ4v) is 3.16. The van der Waals surface area contributed by atoms with Crippen LogP contribution in [-0.4, -0.2) is 31.1 Å². The summed E-state index contributed by atoms with van der Waals surface area (Å²) in [7, 11) is 0. The molecule has 3 aromatic heterocycles. The van der Waals surface area contributed by atoms with E-state index in [1.54, 1.807) is 24.3 Å². The van der Waals surface area contributed by atoms with Crippen LogP contribution < -0.4 is 5.01 Å². The second-order valence-electron chi connectivity index (χ2n) is 7.39. The van der Waals surface area contributed by atoms with E-state index in [9.17, 15) is 4.79 Å². The highest BCUT2D eigenvalue weighted by atomic mass is 16.2. The number of amides is 1. The van der Waals surface area contributed by atoms with Crippen LogP contribution in [0.2, 0.25) is 0 Å². The number of carbonyl (C=O) groups excluding carboxylic acids is 1. The van der Waals surface area contributed by atoms with Gasteiger partial charge in [0, 0.05) is 30.6 Å². The van der Waals surface area contributed by atoms with Crippen molar-refractivity contribution in [3.63, 3.8) is 0 Å². The van der Waals surface area contributed by atoms with Crippen molar-refractivity contribution in [1.82, 2.24) is 19.6 Å². The average molecular weight is 351 g/mol. The van der Waals surface area contributed by atoms with Crippen LogP contribution in [0.3, 0.4) is 0 Å². The summed E-state index contributed by atoms with van der Waals surface area (Å²) in [5.41, 5.74) is 2.87. The SMILES string of the molecule is CCCc1ccc2nc(-c3cccnc3)n(N(C(C)=O)C(C)(C)C)c2n1. The first-order valence-electron chi connectivity index (χ1n) is 8.92. The first-order valence-corrected chi connectivity index (χ1v) is 8.92. The van der Waals surface area contributed by atoms with E-state index in [0.717, 1.165) is 29.6 Å². The highest BCUT2D eigenvalue weighted by Gasteiger charge is 2.30. The van der Waals surface area contributed by atoms with Crippen molar-refractivity contribution in [2.24, 2.45) is 0 Å². The maximum absolute atomic E-state index is 12.6. The summed E-state index contributed by atoms with van der Waals surface area (Å²) in [4.78, 5) is 26.4. The lowest BCUT2D eigenvalue weighted by molar-refractivity contribution is -0.119. The van der Waals surface area contributed by atoms with Crippen molar-refractivity contribution in [3.05, 3.63) is 42.4 Å². The van der Waals surface area contributed by atoms with E-state index in [1.165, 1.54) is 0 Å². The Kier molecular flexibility index (Phi) is 4.76. The summed E-state index contributed by atoms with van der Waals surface area (Å²) in [5.74, 6) is 0.601. The Balaban J connectivity index is 2.34. The molecular formula is C20H25N5O. The summed E-state index contributed by atoms with van der Waals surface area (Å²) >= 11 is 0. The number of nitrogens with zero attached hydrogens (tertiary/aromatic N) is 5. The Labute approximate surface area is 153 Å². The maximum Gasteiger partial charge on any atom is 0.238 e. The zero-order chi connectivity index (χ0) is 18.9. The van der Waals surface area contributed by atoms with Gasteiger partial charge in [0.15, 0.2) is 11.5 Å². The Morgan fingerprint density at radius 3 is 2.54 bits per heavy atom. The number of aromatic nitrogens is 4. The van der Waals surface area contributed by atoms with Crippen LogP contribution in [-0.2, 0) is 11.2 Å². The molecule has 0 aromatic carbocycles. The molecule has 0 aliphatic heterocycles. The van der Waals surface area contributed by atoms with Gasteiger partial charge in [0.25, 0.3) is 0 Å². The topological polar surface area (TPSA) is 63.9 Å². The monoisotopic (exact) mass is 351 g/mol. The van der Waals surface area contributed by atoms with Crippen molar-refractivity contribution in [3.8, 4) is 11.4 Å². The van der Waals surface area contributed by atoms with E-state index >= 15 is 0 Å². The van der Waals surface area contributed by atoms with Gasteiger partial charge in [0.05, 0.1) is 5.54 Å². The molecule has 136 valence electrons.